The lowest BCUT2D eigenvalue weighted by Crippen LogP contribution is -2.14. The number of benzene rings is 2. The van der Waals surface area contributed by atoms with E-state index in [0.717, 1.165) is 12.1 Å². The first-order valence-corrected chi connectivity index (χ1v) is 6.77. The largest absolute Gasteiger partial charge is 0.319 e. The summed E-state index contributed by atoms with van der Waals surface area (Å²) in [6, 6.07) is 6.66. The quantitative estimate of drug-likeness (QED) is 0.755. The van der Waals surface area contributed by atoms with Gasteiger partial charge in [-0.25, -0.2) is 8.78 Å². The first-order valence-electron chi connectivity index (χ1n) is 5.60. The van der Waals surface area contributed by atoms with Crippen molar-refractivity contribution in [1.82, 2.24) is 0 Å². The topological polar surface area (TPSA) is 29.1 Å². The Morgan fingerprint density at radius 2 is 1.90 bits per heavy atom. The number of hydrogen-bond donors (Lipinski definition) is 1. The van der Waals surface area contributed by atoms with Crippen molar-refractivity contribution in [1.29, 1.82) is 0 Å². The SMILES string of the molecule is Cc1ccc(Cl)cc1C(=O)Nc1cc(F)c(Br)cc1F. The number of amides is 1. The molecule has 0 atom stereocenters. The summed E-state index contributed by atoms with van der Waals surface area (Å²) in [6.07, 6.45) is 0. The van der Waals surface area contributed by atoms with Gasteiger partial charge in [0.05, 0.1) is 10.2 Å². The van der Waals surface area contributed by atoms with Gasteiger partial charge < -0.3 is 5.32 Å². The van der Waals surface area contributed by atoms with Crippen LogP contribution in [0.15, 0.2) is 34.8 Å². The van der Waals surface area contributed by atoms with Crippen LogP contribution in [0.5, 0.6) is 0 Å². The Balaban J connectivity index is 2.32. The second kappa shape index (κ2) is 5.89. The Bertz CT molecular complexity index is 691. The average Bonchev–Trinajstić information content (AvgIpc) is 2.38. The number of hydrogen-bond acceptors (Lipinski definition) is 1. The molecule has 1 N–H and O–H groups in total. The third kappa shape index (κ3) is 3.16. The molecule has 0 aliphatic heterocycles. The Kier molecular flexibility index (Phi) is 4.40. The van der Waals surface area contributed by atoms with Crippen molar-refractivity contribution in [2.75, 3.05) is 5.32 Å². The molecule has 0 heterocycles. The van der Waals surface area contributed by atoms with Gasteiger partial charge in [-0.3, -0.25) is 4.79 Å². The predicted octanol–water partition coefficient (Wildman–Crippen LogP) is 4.94. The number of carbonyl (C=O) groups excluding carboxylic acids is 1. The highest BCUT2D eigenvalue weighted by molar-refractivity contribution is 9.10. The van der Waals surface area contributed by atoms with Crippen LogP contribution in [-0.4, -0.2) is 5.91 Å². The summed E-state index contributed by atoms with van der Waals surface area (Å²) in [6.45, 7) is 1.73. The molecule has 0 aliphatic rings. The van der Waals surface area contributed by atoms with E-state index in [1.165, 1.54) is 6.07 Å². The van der Waals surface area contributed by atoms with Crippen LogP contribution in [-0.2, 0) is 0 Å². The zero-order valence-electron chi connectivity index (χ0n) is 10.3. The van der Waals surface area contributed by atoms with E-state index in [-0.39, 0.29) is 10.2 Å². The fraction of sp³-hybridized carbons (Fsp3) is 0.0714. The molecule has 0 unspecified atom stereocenters. The van der Waals surface area contributed by atoms with E-state index in [4.69, 9.17) is 11.6 Å². The number of nitrogens with one attached hydrogen (secondary N) is 1. The van der Waals surface area contributed by atoms with Crippen LogP contribution in [0.4, 0.5) is 14.5 Å². The fourth-order valence-electron chi connectivity index (χ4n) is 1.65. The van der Waals surface area contributed by atoms with Crippen LogP contribution in [0, 0.1) is 18.6 Å². The van der Waals surface area contributed by atoms with Crippen molar-refractivity contribution in [3.8, 4) is 0 Å². The minimum atomic E-state index is -0.730. The lowest BCUT2D eigenvalue weighted by atomic mass is 10.1. The van der Waals surface area contributed by atoms with E-state index in [1.807, 2.05) is 0 Å². The van der Waals surface area contributed by atoms with Crippen LogP contribution in [0.2, 0.25) is 5.02 Å². The molecule has 0 radical (unpaired) electrons. The minimum absolute atomic E-state index is 0.00747. The highest BCUT2D eigenvalue weighted by Gasteiger charge is 2.14. The van der Waals surface area contributed by atoms with Gasteiger partial charge in [0.25, 0.3) is 5.91 Å². The maximum absolute atomic E-state index is 13.6. The van der Waals surface area contributed by atoms with E-state index in [0.29, 0.717) is 16.1 Å². The van der Waals surface area contributed by atoms with Gasteiger partial charge in [0, 0.05) is 16.7 Å². The van der Waals surface area contributed by atoms with Crippen molar-refractivity contribution in [2.45, 2.75) is 6.92 Å². The minimum Gasteiger partial charge on any atom is -0.319 e. The van der Waals surface area contributed by atoms with Gasteiger partial charge in [-0.05, 0) is 46.6 Å². The first-order chi connectivity index (χ1) is 9.38. The molecular formula is C14H9BrClF2NO. The maximum Gasteiger partial charge on any atom is 0.256 e. The van der Waals surface area contributed by atoms with Gasteiger partial charge in [-0.2, -0.15) is 0 Å². The van der Waals surface area contributed by atoms with E-state index in [2.05, 4.69) is 21.2 Å². The highest BCUT2D eigenvalue weighted by Crippen LogP contribution is 2.24. The molecule has 1 amide bonds. The van der Waals surface area contributed by atoms with Crippen LogP contribution in [0.1, 0.15) is 15.9 Å². The molecule has 0 bridgehead atoms. The average molecular weight is 361 g/mol. The summed E-state index contributed by atoms with van der Waals surface area (Å²) in [5, 5.41) is 2.72. The van der Waals surface area contributed by atoms with Gasteiger partial charge in [0.2, 0.25) is 0 Å². The summed E-state index contributed by atoms with van der Waals surface area (Å²) >= 11 is 8.69. The second-order valence-corrected chi connectivity index (χ2v) is 5.45. The van der Waals surface area contributed by atoms with Gasteiger partial charge >= 0.3 is 0 Å². The number of anilines is 1. The first kappa shape index (κ1) is 14.9. The van der Waals surface area contributed by atoms with E-state index in [1.54, 1.807) is 19.1 Å². The van der Waals surface area contributed by atoms with Crippen molar-refractivity contribution >= 4 is 39.1 Å². The lowest BCUT2D eigenvalue weighted by molar-refractivity contribution is 0.102. The summed E-state index contributed by atoms with van der Waals surface area (Å²) in [5.41, 5.74) is 0.764. The van der Waals surface area contributed by atoms with Crippen LogP contribution >= 0.6 is 27.5 Å². The molecule has 6 heteroatoms. The summed E-state index contributed by atoms with van der Waals surface area (Å²) < 4.78 is 27.0. The molecule has 0 aromatic heterocycles. The molecule has 0 saturated carbocycles. The monoisotopic (exact) mass is 359 g/mol. The Hall–Kier alpha value is -1.46. The van der Waals surface area contributed by atoms with Gasteiger partial charge in [0.1, 0.15) is 11.6 Å². The van der Waals surface area contributed by atoms with Crippen molar-refractivity contribution in [3.63, 3.8) is 0 Å². The third-order valence-corrected chi connectivity index (χ3v) is 3.55. The second-order valence-electron chi connectivity index (χ2n) is 4.16. The van der Waals surface area contributed by atoms with Crippen molar-refractivity contribution < 1.29 is 13.6 Å². The molecule has 104 valence electrons. The summed E-state index contributed by atoms with van der Waals surface area (Å²) in [7, 11) is 0. The molecule has 0 aliphatic carbocycles. The van der Waals surface area contributed by atoms with Crippen LogP contribution in [0.3, 0.4) is 0 Å². The fourth-order valence-corrected chi connectivity index (χ4v) is 2.13. The number of halogens is 4. The molecule has 2 aromatic carbocycles. The summed E-state index contributed by atoms with van der Waals surface area (Å²) in [4.78, 5) is 12.1. The zero-order chi connectivity index (χ0) is 14.9. The standard InChI is InChI=1S/C14H9BrClF2NO/c1-7-2-3-8(16)4-9(7)14(20)19-13-6-11(17)10(15)5-12(13)18/h2-6H,1H3,(H,19,20). The third-order valence-electron chi connectivity index (χ3n) is 2.70. The molecule has 2 aromatic rings. The molecule has 2 rings (SSSR count). The highest BCUT2D eigenvalue weighted by atomic mass is 79.9. The molecule has 0 spiro atoms. The normalized spacial score (nSPS) is 10.4. The van der Waals surface area contributed by atoms with Crippen LogP contribution < -0.4 is 5.32 Å². The number of aryl methyl sites for hydroxylation is 1. The number of rotatable bonds is 2. The van der Waals surface area contributed by atoms with Gasteiger partial charge in [-0.1, -0.05) is 17.7 Å². The van der Waals surface area contributed by atoms with E-state index >= 15 is 0 Å². The lowest BCUT2D eigenvalue weighted by Gasteiger charge is -2.09. The molecule has 0 fully saturated rings. The predicted molar refractivity (Wildman–Crippen MR) is 78.2 cm³/mol. The molecule has 2 nitrogen and oxygen atoms in total. The Morgan fingerprint density at radius 1 is 1.20 bits per heavy atom. The van der Waals surface area contributed by atoms with Crippen molar-refractivity contribution in [2.24, 2.45) is 0 Å². The van der Waals surface area contributed by atoms with E-state index < -0.39 is 17.5 Å². The maximum atomic E-state index is 13.6. The Morgan fingerprint density at radius 3 is 2.60 bits per heavy atom. The number of carbonyl (C=O) groups is 1. The van der Waals surface area contributed by atoms with E-state index in [9.17, 15) is 13.6 Å². The van der Waals surface area contributed by atoms with Gasteiger partial charge in [-0.15, -0.1) is 0 Å². The molecule has 20 heavy (non-hydrogen) atoms. The zero-order valence-corrected chi connectivity index (χ0v) is 12.6. The molecule has 0 saturated heterocycles. The van der Waals surface area contributed by atoms with Gasteiger partial charge in [0.15, 0.2) is 0 Å². The summed E-state index contributed by atoms with van der Waals surface area (Å²) in [5.74, 6) is -1.94. The Labute approximate surface area is 127 Å². The molecular weight excluding hydrogens is 352 g/mol. The van der Waals surface area contributed by atoms with Crippen LogP contribution in [0.25, 0.3) is 0 Å². The van der Waals surface area contributed by atoms with Crippen molar-refractivity contribution in [3.05, 3.63) is 62.6 Å². The smallest absolute Gasteiger partial charge is 0.256 e.